The predicted molar refractivity (Wildman–Crippen MR) is 618 cm³/mol. The van der Waals surface area contributed by atoms with E-state index in [4.69, 9.17) is 35.5 Å². The zero-order valence-corrected chi connectivity index (χ0v) is 101. The second-order valence-corrected chi connectivity index (χ2v) is 59.8. The number of aryl methyl sites for hydroxylation is 6. The van der Waals surface area contributed by atoms with Crippen molar-refractivity contribution in [3.63, 3.8) is 0 Å². The summed E-state index contributed by atoms with van der Waals surface area (Å²) in [6.07, 6.45) is 1.65. The Morgan fingerprint density at radius 2 is 0.525 bits per heavy atom. The molecule has 0 spiro atoms. The summed E-state index contributed by atoms with van der Waals surface area (Å²) >= 11 is 0. The molecule has 770 valence electrons. The van der Waals surface area contributed by atoms with Crippen LogP contribution >= 0.6 is 34.5 Å². The molecule has 1 unspecified atom stereocenters. The molecule has 1 heterocycles. The molecule has 0 fully saturated rings. The Morgan fingerprint density at radius 1 is 0.262 bits per heavy atom. The molecule has 0 bridgehead atoms. The highest BCUT2D eigenvalue weighted by Gasteiger charge is 2.38. The third-order valence-corrected chi connectivity index (χ3v) is 31.1. The fourth-order valence-electron chi connectivity index (χ4n) is 18.5. The number of hydrogen-bond acceptors (Lipinski definition) is 9. The van der Waals surface area contributed by atoms with Gasteiger partial charge in [-0.1, -0.05) is 396 Å². The van der Waals surface area contributed by atoms with E-state index in [1.54, 1.807) is 0 Å². The van der Waals surface area contributed by atoms with Crippen molar-refractivity contribution in [2.24, 2.45) is 0 Å². The molecule has 9 nitrogen and oxygen atoms in total. The Kier molecular flexibility index (Phi) is 34.9. The number of fused-ring (bicyclic) bond motifs is 3. The van der Waals surface area contributed by atoms with Gasteiger partial charge in [0.15, 0.2) is 0 Å². The number of phenols is 1. The fraction of sp³-hybridized carbons (Fsp3) is 0.531. The summed E-state index contributed by atoms with van der Waals surface area (Å²) in [5.74, 6) is 4.81. The van der Waals surface area contributed by atoms with Crippen molar-refractivity contribution in [2.75, 3.05) is 6.61 Å². The van der Waals surface area contributed by atoms with Gasteiger partial charge in [0.2, 0.25) is 0 Å². The molecular weight excluding hydrogens is 1810 g/mol. The molecule has 1 N–H and O–H groups in total. The van der Waals surface area contributed by atoms with E-state index in [2.05, 4.69) is 500 Å². The van der Waals surface area contributed by atoms with Crippen LogP contribution in [0.3, 0.4) is 0 Å². The first-order valence-electron chi connectivity index (χ1n) is 51.5. The van der Waals surface area contributed by atoms with Crippen LogP contribution in [0.25, 0.3) is 33.1 Å². The molecule has 1 aromatic heterocycles. The largest absolute Gasteiger partial charge is 0.507 e. The van der Waals surface area contributed by atoms with Crippen LogP contribution in [-0.2, 0) is 87.6 Å². The topological polar surface area (TPSA) is 102 Å². The van der Waals surface area contributed by atoms with Gasteiger partial charge in [-0.3, -0.25) is 4.52 Å². The van der Waals surface area contributed by atoms with Gasteiger partial charge in [0.25, 0.3) is 0 Å². The predicted octanol–water partition coefficient (Wildman–Crippen LogP) is 38.5. The zero-order chi connectivity index (χ0) is 107. The summed E-state index contributed by atoms with van der Waals surface area (Å²) in [6, 6.07) is 56.1. The minimum atomic E-state index is -1.73. The molecule has 13 heteroatoms. The summed E-state index contributed by atoms with van der Waals surface area (Å²) in [4.78, 5) is 0. The highest BCUT2D eigenvalue weighted by molar-refractivity contribution is 7.57. The number of hydrogen-bond donors (Lipinski definition) is 1. The number of aromatic hydroxyl groups is 1. The lowest BCUT2D eigenvalue weighted by Gasteiger charge is -2.32. The normalized spacial score (nSPS) is 13.3. The van der Waals surface area contributed by atoms with Crippen molar-refractivity contribution >= 4 is 67.0 Å². The Morgan fingerprint density at radius 3 is 0.780 bits per heavy atom. The quantitative estimate of drug-likeness (QED) is 0.0705. The molecular formula is C128H184O9P4. The Labute approximate surface area is 862 Å². The molecule has 0 saturated carbocycles. The van der Waals surface area contributed by atoms with E-state index in [0.29, 0.717) is 12.4 Å². The molecule has 11 aromatic rings. The SMILES string of the molecule is CC(C)(C)c1ccc(OP)c(C(C)(C)C)c1.Cc1cc(CCCOp2oc3c(C(C)(C)C)cc(C(C)(C)C)cc3c3cc(C(C)(C)C)cc(C(C)(C)C)c3o2)cc(C(C)(C)C)c1O.Cc1cc(OP(Oc2cc(C)c(C(C)(C)C)cc2C(C)(C)C)c2ccc(-c3ccc(P(Oc4cc(C)c(C(C)(C)C)cc4C(C)(C)C)Oc4cc(C)c(C(C)(C)C)cc4C(C)(C)C)cc3)cc2)c(C(C)(C)C)cc1C(C)(C)C. The summed E-state index contributed by atoms with van der Waals surface area (Å²) in [6.45, 7) is 113. The second kappa shape index (κ2) is 42.2. The molecule has 0 amide bonds. The Bertz CT molecular complexity index is 5830. The maximum absolute atomic E-state index is 10.7. The van der Waals surface area contributed by atoms with E-state index in [1.165, 1.54) is 106 Å². The first-order chi connectivity index (χ1) is 63.8. The van der Waals surface area contributed by atoms with Crippen LogP contribution in [0.4, 0.5) is 0 Å². The van der Waals surface area contributed by atoms with Crippen LogP contribution in [0.2, 0.25) is 0 Å². The Hall–Kier alpha value is -7.85. The molecule has 10 aromatic carbocycles. The van der Waals surface area contributed by atoms with Crippen LogP contribution in [0.15, 0.2) is 160 Å². The highest BCUT2D eigenvalue weighted by Crippen LogP contribution is 2.54. The lowest BCUT2D eigenvalue weighted by Crippen LogP contribution is -2.21. The number of benzene rings is 10. The fourth-order valence-corrected chi connectivity index (χ4v) is 22.4. The van der Waals surface area contributed by atoms with E-state index in [9.17, 15) is 5.11 Å². The lowest BCUT2D eigenvalue weighted by atomic mass is 9.77. The van der Waals surface area contributed by atoms with Gasteiger partial charge < -0.3 is 36.1 Å². The molecule has 0 radical (unpaired) electrons. The molecule has 1 atom stereocenters. The van der Waals surface area contributed by atoms with E-state index >= 15 is 0 Å². The molecule has 0 aliphatic heterocycles. The van der Waals surface area contributed by atoms with Crippen molar-refractivity contribution in [2.45, 2.75) is 440 Å². The highest BCUT2D eigenvalue weighted by atomic mass is 31.2. The smallest absolute Gasteiger partial charge is 0.387 e. The average Bonchev–Trinajstić information content (AvgIpc) is 1.67. The maximum atomic E-state index is 10.7. The van der Waals surface area contributed by atoms with Gasteiger partial charge in [-0.05, 0) is 284 Å². The minimum absolute atomic E-state index is 0.0195. The van der Waals surface area contributed by atoms with E-state index in [0.717, 1.165) is 96.4 Å². The first-order valence-corrected chi connectivity index (χ1v) is 55.4. The summed E-state index contributed by atoms with van der Waals surface area (Å²) in [5, 5.41) is 14.9. The van der Waals surface area contributed by atoms with Crippen LogP contribution in [0.1, 0.15) is 435 Å². The van der Waals surface area contributed by atoms with Crippen molar-refractivity contribution in [3.05, 3.63) is 268 Å². The lowest BCUT2D eigenvalue weighted by molar-refractivity contribution is 0.363. The van der Waals surface area contributed by atoms with Crippen molar-refractivity contribution < 1.29 is 40.6 Å². The molecule has 0 saturated heterocycles. The van der Waals surface area contributed by atoms with Crippen LogP contribution in [0.5, 0.6) is 34.5 Å². The second-order valence-electron chi connectivity index (χ2n) is 55.7. The van der Waals surface area contributed by atoms with Gasteiger partial charge in [0.1, 0.15) is 45.7 Å². The van der Waals surface area contributed by atoms with E-state index < -0.39 is 25.0 Å². The summed E-state index contributed by atoms with van der Waals surface area (Å²) in [7, 11) is -2.71. The van der Waals surface area contributed by atoms with Gasteiger partial charge >= 0.3 is 25.0 Å². The zero-order valence-electron chi connectivity index (χ0n) is 97.2. The molecule has 11 rings (SSSR count). The monoisotopic (exact) mass is 1990 g/mol. The summed E-state index contributed by atoms with van der Waals surface area (Å²) < 4.78 is 55.0. The van der Waals surface area contributed by atoms with Crippen molar-refractivity contribution in [1.29, 1.82) is 0 Å². The third-order valence-electron chi connectivity index (χ3n) is 26.9. The van der Waals surface area contributed by atoms with Crippen molar-refractivity contribution in [1.82, 2.24) is 0 Å². The van der Waals surface area contributed by atoms with Crippen molar-refractivity contribution in [3.8, 4) is 45.6 Å². The third kappa shape index (κ3) is 29.4. The number of phenolic OH excluding ortho intramolecular Hbond substituents is 1. The average molecular weight is 1990 g/mol. The van der Waals surface area contributed by atoms with E-state index in [-0.39, 0.29) is 81.2 Å². The molecule has 0 aliphatic rings. The van der Waals surface area contributed by atoms with Crippen LogP contribution in [-0.4, -0.2) is 11.7 Å². The van der Waals surface area contributed by atoms with Gasteiger partial charge in [-0.2, -0.15) is 0 Å². The Balaban J connectivity index is 0.000000295. The summed E-state index contributed by atoms with van der Waals surface area (Å²) in [5.41, 5.74) is 28.3. The molecule has 141 heavy (non-hydrogen) atoms. The minimum Gasteiger partial charge on any atom is -0.507 e. The van der Waals surface area contributed by atoms with E-state index in [1.807, 2.05) is 6.92 Å². The van der Waals surface area contributed by atoms with Gasteiger partial charge in [-0.15, -0.1) is 0 Å². The standard InChI is InChI=1S/C72H100O4P2.C42H61O4P.C14H23OP/c1-45-37-61(57(69(17,18)19)41-53(45)65(5,6)7)73-77(74-62-38-46(2)54(66(8,9)10)42-58(62)70(20,21)22)51-33-29-49(30-34-51)50-31-35-52(36-32-50)78(75-63-39-47(3)55(67(11,12)13)43-59(63)71(23,24)25)76-64-40-48(4)56(68(14,15)16)44-60(64)72(26,27)28;1-26-20-27(21-32(35(26)43)40(8,9)10)18-17-19-44-47-45-36-30(22-28(38(2,3)4)24-33(36)41(11,12)13)31-23-29(39(5,6)7)25-34(37(31)46-47)42(14,15)16;1-13(2,3)10-7-8-12(15-16)11(9-10)14(4,5)6/h29-44H,1-28H3;20-25,43H,17-19H2,1-16H3;7-9H,16H2,1-6H3. The van der Waals surface area contributed by atoms with Crippen LogP contribution in [0, 0.1) is 34.6 Å². The maximum Gasteiger partial charge on any atom is 0.387 e. The first kappa shape index (κ1) is 117. The van der Waals surface area contributed by atoms with Crippen LogP contribution < -0.4 is 37.8 Å². The number of rotatable bonds is 17. The van der Waals surface area contributed by atoms with Gasteiger partial charge in [0.05, 0.1) is 26.7 Å². The van der Waals surface area contributed by atoms with Gasteiger partial charge in [-0.25, -0.2) is 0 Å². The van der Waals surface area contributed by atoms with Gasteiger partial charge in [0, 0.05) is 49.7 Å². The molecule has 0 aliphatic carbocycles.